The zero-order chi connectivity index (χ0) is 14.5. The third kappa shape index (κ3) is 4.99. The van der Waals surface area contributed by atoms with Crippen molar-refractivity contribution in [3.8, 4) is 0 Å². The minimum absolute atomic E-state index is 0.0548. The van der Waals surface area contributed by atoms with Gasteiger partial charge in [0.05, 0.1) is 17.2 Å². The maximum Gasteiger partial charge on any atom is 0.338 e. The lowest BCUT2D eigenvalue weighted by Gasteiger charge is -2.06. The lowest BCUT2D eigenvalue weighted by Crippen LogP contribution is -2.11. The fourth-order valence-electron chi connectivity index (χ4n) is 1.24. The molecule has 0 aliphatic carbocycles. The first-order valence-electron chi connectivity index (χ1n) is 5.35. The summed E-state index contributed by atoms with van der Waals surface area (Å²) in [6.45, 7) is 2.69. The largest absolute Gasteiger partial charge is 0.460 e. The molecule has 1 aromatic carbocycles. The number of carbonyl (C=O) groups is 1. The van der Waals surface area contributed by atoms with Gasteiger partial charge >= 0.3 is 5.97 Å². The van der Waals surface area contributed by atoms with E-state index in [9.17, 15) is 13.2 Å². The zero-order valence-corrected chi connectivity index (χ0v) is 12.4. The Morgan fingerprint density at radius 2 is 2.00 bits per heavy atom. The topological polar surface area (TPSA) is 69.7 Å². The standard InChI is InChI=1S/C11H12Cl2O5S/c1-2-17-5-6-18-11(14)8-3-4-9(12)10(7-8)19(13,15)16/h3-4,7H,2,5-6H2,1H3. The average Bonchev–Trinajstić information content (AvgIpc) is 2.33. The van der Waals surface area contributed by atoms with E-state index in [2.05, 4.69) is 0 Å². The fraction of sp³-hybridized carbons (Fsp3) is 0.364. The molecule has 0 spiro atoms. The second-order valence-electron chi connectivity index (χ2n) is 3.42. The van der Waals surface area contributed by atoms with E-state index in [-0.39, 0.29) is 28.7 Å². The molecule has 0 amide bonds. The second kappa shape index (κ2) is 7.09. The summed E-state index contributed by atoms with van der Waals surface area (Å²) in [5.74, 6) is -0.669. The van der Waals surface area contributed by atoms with Gasteiger partial charge in [-0.2, -0.15) is 0 Å². The van der Waals surface area contributed by atoms with Crippen molar-refractivity contribution in [3.63, 3.8) is 0 Å². The summed E-state index contributed by atoms with van der Waals surface area (Å²) in [7, 11) is 1.19. The minimum atomic E-state index is -4.01. The van der Waals surface area contributed by atoms with Gasteiger partial charge in [0.15, 0.2) is 0 Å². The van der Waals surface area contributed by atoms with E-state index in [0.717, 1.165) is 6.07 Å². The highest BCUT2D eigenvalue weighted by Gasteiger charge is 2.18. The number of rotatable bonds is 6. The van der Waals surface area contributed by atoms with Crippen molar-refractivity contribution >= 4 is 37.3 Å². The molecule has 0 saturated carbocycles. The van der Waals surface area contributed by atoms with E-state index in [4.69, 9.17) is 31.8 Å². The van der Waals surface area contributed by atoms with Crippen molar-refractivity contribution in [3.05, 3.63) is 28.8 Å². The highest BCUT2D eigenvalue weighted by molar-refractivity contribution is 8.13. The van der Waals surface area contributed by atoms with Crippen LogP contribution in [0.3, 0.4) is 0 Å². The molecule has 0 aliphatic heterocycles. The van der Waals surface area contributed by atoms with Gasteiger partial charge in [-0.3, -0.25) is 0 Å². The van der Waals surface area contributed by atoms with Crippen molar-refractivity contribution in [2.75, 3.05) is 19.8 Å². The van der Waals surface area contributed by atoms with Crippen LogP contribution in [-0.2, 0) is 18.5 Å². The number of hydrogen-bond donors (Lipinski definition) is 0. The SMILES string of the molecule is CCOCCOC(=O)c1ccc(Cl)c(S(=O)(=O)Cl)c1. The van der Waals surface area contributed by atoms with Crippen molar-refractivity contribution in [2.45, 2.75) is 11.8 Å². The van der Waals surface area contributed by atoms with E-state index in [0.29, 0.717) is 6.61 Å². The van der Waals surface area contributed by atoms with Crippen LogP contribution in [-0.4, -0.2) is 34.2 Å². The van der Waals surface area contributed by atoms with E-state index in [1.165, 1.54) is 12.1 Å². The van der Waals surface area contributed by atoms with Crippen LogP contribution in [0.4, 0.5) is 0 Å². The van der Waals surface area contributed by atoms with Crippen molar-refractivity contribution in [1.29, 1.82) is 0 Å². The summed E-state index contributed by atoms with van der Waals surface area (Å²) < 4.78 is 32.4. The molecule has 0 fully saturated rings. The van der Waals surface area contributed by atoms with Gasteiger partial charge in [0.25, 0.3) is 9.05 Å². The average molecular weight is 327 g/mol. The molecular weight excluding hydrogens is 315 g/mol. The van der Waals surface area contributed by atoms with Gasteiger partial charge in [0.2, 0.25) is 0 Å². The van der Waals surface area contributed by atoms with Gasteiger partial charge < -0.3 is 9.47 Å². The lowest BCUT2D eigenvalue weighted by atomic mass is 10.2. The van der Waals surface area contributed by atoms with Crippen LogP contribution in [0.25, 0.3) is 0 Å². The normalized spacial score (nSPS) is 11.3. The predicted molar refractivity (Wildman–Crippen MR) is 71.3 cm³/mol. The predicted octanol–water partition coefficient (Wildman–Crippen LogP) is 2.46. The van der Waals surface area contributed by atoms with Crippen molar-refractivity contribution in [2.24, 2.45) is 0 Å². The summed E-state index contributed by atoms with van der Waals surface area (Å²) in [5, 5.41) is -0.0548. The van der Waals surface area contributed by atoms with Crippen LogP contribution in [0, 0.1) is 0 Å². The summed E-state index contributed by atoms with van der Waals surface area (Å²) >= 11 is 5.70. The summed E-state index contributed by atoms with van der Waals surface area (Å²) in [4.78, 5) is 11.3. The lowest BCUT2D eigenvalue weighted by molar-refractivity contribution is 0.0335. The second-order valence-corrected chi connectivity index (χ2v) is 6.36. The monoisotopic (exact) mass is 326 g/mol. The Morgan fingerprint density at radius 1 is 1.32 bits per heavy atom. The molecule has 8 heteroatoms. The number of halogens is 2. The van der Waals surface area contributed by atoms with Crippen LogP contribution in [0.1, 0.15) is 17.3 Å². The number of ether oxygens (including phenoxy) is 2. The van der Waals surface area contributed by atoms with Gasteiger partial charge in [0.1, 0.15) is 11.5 Å². The Kier molecular flexibility index (Phi) is 6.06. The smallest absolute Gasteiger partial charge is 0.338 e. The van der Waals surface area contributed by atoms with Crippen LogP contribution < -0.4 is 0 Å². The van der Waals surface area contributed by atoms with Gasteiger partial charge in [-0.15, -0.1) is 0 Å². The van der Waals surface area contributed by atoms with E-state index in [1.54, 1.807) is 0 Å². The van der Waals surface area contributed by atoms with Crippen LogP contribution in [0.15, 0.2) is 23.1 Å². The fourth-order valence-corrected chi connectivity index (χ4v) is 2.73. The number of esters is 1. The van der Waals surface area contributed by atoms with Crippen LogP contribution in [0.2, 0.25) is 5.02 Å². The van der Waals surface area contributed by atoms with E-state index >= 15 is 0 Å². The number of benzene rings is 1. The molecular formula is C11H12Cl2O5S. The molecule has 0 atom stereocenters. The third-order valence-corrected chi connectivity index (χ3v) is 3.90. The third-order valence-electron chi connectivity index (χ3n) is 2.09. The molecule has 0 aliphatic rings. The Labute approximate surface area is 120 Å². The molecule has 0 bridgehead atoms. The molecule has 0 saturated heterocycles. The molecule has 0 heterocycles. The summed E-state index contributed by atoms with van der Waals surface area (Å²) in [5.41, 5.74) is 0.0557. The Hall–Kier alpha value is -0.820. The maximum atomic E-state index is 11.6. The molecule has 0 N–H and O–H groups in total. The maximum absolute atomic E-state index is 11.6. The first-order chi connectivity index (χ1) is 8.86. The van der Waals surface area contributed by atoms with Gasteiger partial charge in [0, 0.05) is 17.3 Å². The molecule has 0 radical (unpaired) electrons. The Balaban J connectivity index is 2.82. The van der Waals surface area contributed by atoms with E-state index in [1.807, 2.05) is 6.92 Å². The molecule has 1 aromatic rings. The molecule has 106 valence electrons. The number of carbonyl (C=O) groups excluding carboxylic acids is 1. The summed E-state index contributed by atoms with van der Waals surface area (Å²) in [6, 6.07) is 3.71. The Bertz CT molecular complexity index is 556. The first kappa shape index (κ1) is 16.2. The quantitative estimate of drug-likeness (QED) is 0.456. The zero-order valence-electron chi connectivity index (χ0n) is 10.1. The highest BCUT2D eigenvalue weighted by atomic mass is 35.7. The molecule has 0 aromatic heterocycles. The van der Waals surface area contributed by atoms with Gasteiger partial charge in [-0.1, -0.05) is 11.6 Å². The van der Waals surface area contributed by atoms with Crippen molar-refractivity contribution in [1.82, 2.24) is 0 Å². The molecule has 5 nitrogen and oxygen atoms in total. The van der Waals surface area contributed by atoms with Crippen molar-refractivity contribution < 1.29 is 22.7 Å². The molecule has 19 heavy (non-hydrogen) atoms. The molecule has 1 rings (SSSR count). The number of hydrogen-bond acceptors (Lipinski definition) is 5. The minimum Gasteiger partial charge on any atom is -0.460 e. The summed E-state index contributed by atoms with van der Waals surface area (Å²) in [6.07, 6.45) is 0. The van der Waals surface area contributed by atoms with Gasteiger partial charge in [-0.25, -0.2) is 13.2 Å². The first-order valence-corrected chi connectivity index (χ1v) is 8.04. The highest BCUT2D eigenvalue weighted by Crippen LogP contribution is 2.25. The van der Waals surface area contributed by atoms with Crippen LogP contribution >= 0.6 is 22.3 Å². The van der Waals surface area contributed by atoms with Gasteiger partial charge in [-0.05, 0) is 25.1 Å². The Morgan fingerprint density at radius 3 is 2.58 bits per heavy atom. The molecule has 0 unspecified atom stereocenters. The van der Waals surface area contributed by atoms with Crippen LogP contribution in [0.5, 0.6) is 0 Å². The van der Waals surface area contributed by atoms with E-state index < -0.39 is 15.0 Å².